The van der Waals surface area contributed by atoms with Crippen molar-refractivity contribution in [3.05, 3.63) is 113 Å². The molecule has 0 bridgehead atoms. The van der Waals surface area contributed by atoms with E-state index in [9.17, 15) is 17.6 Å². The largest absolute Gasteiger partial charge is 0.318 e. The average Bonchev–Trinajstić information content (AvgIpc) is 3.20. The number of carbonyl (C=O) groups excluding carboxylic acids is 1. The van der Waals surface area contributed by atoms with E-state index in [0.29, 0.717) is 5.69 Å². The Morgan fingerprint density at radius 3 is 2.20 bits per heavy atom. The molecule has 0 unspecified atom stereocenters. The zero-order valence-electron chi connectivity index (χ0n) is 23.2. The maximum atomic E-state index is 13.6. The number of benzene rings is 3. The predicted octanol–water partition coefficient (Wildman–Crippen LogP) is 6.01. The van der Waals surface area contributed by atoms with Crippen molar-refractivity contribution in [3.63, 3.8) is 0 Å². The molecule has 0 atom stereocenters. The lowest BCUT2D eigenvalue weighted by molar-refractivity contribution is -0.119. The standard InChI is InChI=1S/C31H33FN4O3S/c1-21(2)25-8-12-28(13-9-25)35(40(38,39)30-16-6-22(3)7-17-30)20-31(37)34-33-19-26-18-23(4)36(24(26)5)29-14-10-27(32)11-15-29/h6-19,21H,20H2,1-5H3,(H,34,37)/b33-19-. The highest BCUT2D eigenvalue weighted by Crippen LogP contribution is 2.26. The van der Waals surface area contributed by atoms with Crippen LogP contribution >= 0.6 is 0 Å². The minimum Gasteiger partial charge on any atom is -0.318 e. The Bertz CT molecular complexity index is 1620. The number of aromatic nitrogens is 1. The fourth-order valence-corrected chi connectivity index (χ4v) is 5.84. The van der Waals surface area contributed by atoms with Gasteiger partial charge in [-0.15, -0.1) is 0 Å². The summed E-state index contributed by atoms with van der Waals surface area (Å²) in [6.07, 6.45) is 1.51. The van der Waals surface area contributed by atoms with Gasteiger partial charge in [-0.3, -0.25) is 9.10 Å². The van der Waals surface area contributed by atoms with Gasteiger partial charge in [-0.05, 0) is 86.8 Å². The Balaban J connectivity index is 1.56. The number of nitrogens with zero attached hydrogens (tertiary/aromatic N) is 3. The number of hydrazone groups is 1. The summed E-state index contributed by atoms with van der Waals surface area (Å²) in [6, 6.07) is 21.7. The van der Waals surface area contributed by atoms with Crippen LogP contribution in [0.3, 0.4) is 0 Å². The topological polar surface area (TPSA) is 83.8 Å². The quantitative estimate of drug-likeness (QED) is 0.201. The van der Waals surface area contributed by atoms with Gasteiger partial charge in [0.1, 0.15) is 12.4 Å². The lowest BCUT2D eigenvalue weighted by Gasteiger charge is -2.24. The summed E-state index contributed by atoms with van der Waals surface area (Å²) in [5, 5.41) is 4.10. The molecule has 9 heteroatoms. The fraction of sp³-hybridized carbons (Fsp3) is 0.226. The van der Waals surface area contributed by atoms with Crippen LogP contribution in [-0.2, 0) is 14.8 Å². The minimum atomic E-state index is -4.03. The molecule has 0 aliphatic carbocycles. The first-order valence-corrected chi connectivity index (χ1v) is 14.4. The number of sulfonamides is 1. The summed E-state index contributed by atoms with van der Waals surface area (Å²) in [5.74, 6) is -0.629. The maximum absolute atomic E-state index is 13.6. The zero-order valence-corrected chi connectivity index (χ0v) is 24.0. The Morgan fingerprint density at radius 1 is 0.975 bits per heavy atom. The van der Waals surface area contributed by atoms with Crippen LogP contribution in [0.4, 0.5) is 10.1 Å². The summed E-state index contributed by atoms with van der Waals surface area (Å²) < 4.78 is 43.7. The monoisotopic (exact) mass is 560 g/mol. The highest BCUT2D eigenvalue weighted by Gasteiger charge is 2.27. The first kappa shape index (κ1) is 28.8. The molecule has 208 valence electrons. The molecule has 0 aliphatic heterocycles. The summed E-state index contributed by atoms with van der Waals surface area (Å²) >= 11 is 0. The molecule has 0 saturated carbocycles. The van der Waals surface area contributed by atoms with Gasteiger partial charge < -0.3 is 4.57 Å². The smallest absolute Gasteiger partial charge is 0.264 e. The van der Waals surface area contributed by atoms with E-state index in [2.05, 4.69) is 24.4 Å². The molecular weight excluding hydrogens is 527 g/mol. The van der Waals surface area contributed by atoms with Gasteiger partial charge in [0.05, 0.1) is 16.8 Å². The third-order valence-corrected chi connectivity index (χ3v) is 8.48. The summed E-state index contributed by atoms with van der Waals surface area (Å²) in [4.78, 5) is 13.1. The number of aryl methyl sites for hydroxylation is 2. The molecule has 3 aromatic carbocycles. The highest BCUT2D eigenvalue weighted by molar-refractivity contribution is 7.92. The maximum Gasteiger partial charge on any atom is 0.264 e. The second-order valence-corrected chi connectivity index (χ2v) is 11.9. The normalized spacial score (nSPS) is 11.8. The molecule has 4 rings (SSSR count). The van der Waals surface area contributed by atoms with E-state index in [4.69, 9.17) is 0 Å². The molecule has 1 amide bonds. The predicted molar refractivity (Wildman–Crippen MR) is 157 cm³/mol. The van der Waals surface area contributed by atoms with Gasteiger partial charge in [0, 0.05) is 22.6 Å². The van der Waals surface area contributed by atoms with E-state index < -0.39 is 22.5 Å². The Kier molecular flexibility index (Phi) is 8.54. The fourth-order valence-electron chi connectivity index (χ4n) is 4.42. The molecule has 0 saturated heterocycles. The Morgan fingerprint density at radius 2 is 1.60 bits per heavy atom. The molecule has 0 radical (unpaired) electrons. The van der Waals surface area contributed by atoms with Crippen molar-refractivity contribution < 1.29 is 17.6 Å². The number of nitrogens with one attached hydrogen (secondary N) is 1. The zero-order chi connectivity index (χ0) is 29.0. The average molecular weight is 561 g/mol. The summed E-state index contributed by atoms with van der Waals surface area (Å²) in [6.45, 7) is 9.35. The van der Waals surface area contributed by atoms with Crippen LogP contribution in [0.2, 0.25) is 0 Å². The molecular formula is C31H33FN4O3S. The van der Waals surface area contributed by atoms with Crippen LogP contribution in [0.1, 0.15) is 47.8 Å². The van der Waals surface area contributed by atoms with Crippen molar-refractivity contribution in [1.82, 2.24) is 9.99 Å². The molecule has 7 nitrogen and oxygen atoms in total. The second-order valence-electron chi connectivity index (χ2n) is 10.0. The van der Waals surface area contributed by atoms with Crippen molar-refractivity contribution >= 4 is 27.8 Å². The van der Waals surface area contributed by atoms with E-state index in [1.165, 1.54) is 30.5 Å². The number of hydrogen-bond acceptors (Lipinski definition) is 4. The minimum absolute atomic E-state index is 0.0931. The van der Waals surface area contributed by atoms with Crippen molar-refractivity contribution in [3.8, 4) is 5.69 Å². The van der Waals surface area contributed by atoms with Crippen LogP contribution in [0.5, 0.6) is 0 Å². The van der Waals surface area contributed by atoms with Crippen molar-refractivity contribution in [2.24, 2.45) is 5.10 Å². The molecule has 1 heterocycles. The van der Waals surface area contributed by atoms with Crippen molar-refractivity contribution in [2.45, 2.75) is 45.4 Å². The van der Waals surface area contributed by atoms with Gasteiger partial charge in [-0.25, -0.2) is 18.2 Å². The van der Waals surface area contributed by atoms with Gasteiger partial charge in [-0.2, -0.15) is 5.10 Å². The van der Waals surface area contributed by atoms with Crippen LogP contribution < -0.4 is 9.73 Å². The van der Waals surface area contributed by atoms with E-state index in [1.807, 2.05) is 43.5 Å². The van der Waals surface area contributed by atoms with E-state index in [1.54, 1.807) is 36.4 Å². The Labute approximate surface area is 235 Å². The lowest BCUT2D eigenvalue weighted by Crippen LogP contribution is -2.39. The molecule has 1 aromatic heterocycles. The molecule has 4 aromatic rings. The molecule has 1 N–H and O–H groups in total. The van der Waals surface area contributed by atoms with Crippen molar-refractivity contribution in [1.29, 1.82) is 0 Å². The number of amides is 1. The molecule has 0 fully saturated rings. The first-order valence-electron chi connectivity index (χ1n) is 12.9. The van der Waals surface area contributed by atoms with E-state index in [-0.39, 0.29) is 16.6 Å². The van der Waals surface area contributed by atoms with Gasteiger partial charge in [0.2, 0.25) is 0 Å². The summed E-state index contributed by atoms with van der Waals surface area (Å²) in [7, 11) is -4.03. The van der Waals surface area contributed by atoms with Gasteiger partial charge in [0.25, 0.3) is 15.9 Å². The van der Waals surface area contributed by atoms with Crippen LogP contribution in [0.25, 0.3) is 5.69 Å². The van der Waals surface area contributed by atoms with E-state index >= 15 is 0 Å². The van der Waals surface area contributed by atoms with Crippen LogP contribution in [-0.4, -0.2) is 31.7 Å². The second kappa shape index (κ2) is 11.9. The highest BCUT2D eigenvalue weighted by atomic mass is 32.2. The third kappa shape index (κ3) is 6.31. The lowest BCUT2D eigenvalue weighted by atomic mass is 10.0. The number of anilines is 1. The SMILES string of the molecule is Cc1ccc(S(=O)(=O)N(CC(=O)N/N=C\c2cc(C)n(-c3ccc(F)cc3)c2C)c2ccc(C(C)C)cc2)cc1. The third-order valence-electron chi connectivity index (χ3n) is 6.69. The van der Waals surface area contributed by atoms with E-state index in [0.717, 1.165) is 38.1 Å². The van der Waals surface area contributed by atoms with Crippen molar-refractivity contribution in [2.75, 3.05) is 10.8 Å². The Hall–Kier alpha value is -4.24. The molecule has 40 heavy (non-hydrogen) atoms. The van der Waals surface area contributed by atoms with Crippen LogP contribution in [0.15, 0.2) is 88.9 Å². The number of hydrogen-bond donors (Lipinski definition) is 1. The molecule has 0 aliphatic rings. The first-order chi connectivity index (χ1) is 19.0. The number of halogens is 1. The number of carbonyl (C=O) groups is 1. The van der Waals surface area contributed by atoms with Crippen LogP contribution in [0, 0.1) is 26.6 Å². The molecule has 0 spiro atoms. The van der Waals surface area contributed by atoms with Gasteiger partial charge >= 0.3 is 0 Å². The van der Waals surface area contributed by atoms with Gasteiger partial charge in [0.15, 0.2) is 0 Å². The summed E-state index contributed by atoms with van der Waals surface area (Å²) in [5.41, 5.74) is 8.17. The van der Waals surface area contributed by atoms with Gasteiger partial charge in [-0.1, -0.05) is 43.7 Å². The number of rotatable bonds is 9.